The Balaban J connectivity index is 1.25. The second kappa shape index (κ2) is 12.6. The van der Waals surface area contributed by atoms with Crippen LogP contribution in [-0.2, 0) is 32.2 Å². The molecule has 0 aliphatic carbocycles. The Labute approximate surface area is 257 Å². The van der Waals surface area contributed by atoms with Gasteiger partial charge >= 0.3 is 12.1 Å². The molecule has 5 atom stereocenters. The molecule has 4 aromatic rings. The predicted octanol–water partition coefficient (Wildman–Crippen LogP) is 5.51. The van der Waals surface area contributed by atoms with Crippen molar-refractivity contribution in [2.75, 3.05) is 11.9 Å². The average molecular weight is 623 g/mol. The van der Waals surface area contributed by atoms with E-state index in [1.165, 1.54) is 0 Å². The van der Waals surface area contributed by atoms with E-state index in [-0.39, 0.29) is 37.7 Å². The fourth-order valence-electron chi connectivity index (χ4n) is 6.11. The Morgan fingerprint density at radius 3 is 2.56 bits per heavy atom. The van der Waals surface area contributed by atoms with E-state index < -0.39 is 30.3 Å². The summed E-state index contributed by atoms with van der Waals surface area (Å²) in [5.74, 6) is -2.79. The average Bonchev–Trinajstić information content (AvgIpc) is 3.69. The number of halogens is 3. The van der Waals surface area contributed by atoms with Gasteiger partial charge in [-0.05, 0) is 48.2 Å². The van der Waals surface area contributed by atoms with E-state index in [0.29, 0.717) is 29.1 Å². The van der Waals surface area contributed by atoms with E-state index in [9.17, 15) is 27.9 Å². The van der Waals surface area contributed by atoms with Crippen LogP contribution in [0.5, 0.6) is 0 Å². The molecule has 2 amide bonds. The van der Waals surface area contributed by atoms with Crippen molar-refractivity contribution in [3.05, 3.63) is 95.8 Å². The van der Waals surface area contributed by atoms with Gasteiger partial charge in [0, 0.05) is 23.7 Å². The minimum absolute atomic E-state index is 0.0785. The third kappa shape index (κ3) is 6.44. The molecule has 2 fully saturated rings. The molecule has 0 radical (unpaired) electrons. The Kier molecular flexibility index (Phi) is 8.63. The van der Waals surface area contributed by atoms with E-state index in [0.717, 1.165) is 22.2 Å². The van der Waals surface area contributed by atoms with Crippen LogP contribution in [0.3, 0.4) is 0 Å². The van der Waals surface area contributed by atoms with Gasteiger partial charge in [0.15, 0.2) is 6.29 Å². The third-order valence-corrected chi connectivity index (χ3v) is 8.51. The first kappa shape index (κ1) is 30.8. The summed E-state index contributed by atoms with van der Waals surface area (Å²) in [6.45, 7) is 2.34. The number of alkyl halides is 3. The summed E-state index contributed by atoms with van der Waals surface area (Å²) in [5, 5.41) is 12.2. The van der Waals surface area contributed by atoms with E-state index in [1.54, 1.807) is 30.6 Å². The molecule has 236 valence electrons. The Morgan fingerprint density at radius 1 is 1.02 bits per heavy atom. The zero-order chi connectivity index (χ0) is 31.7. The number of anilines is 1. The number of benzene rings is 3. The number of carbonyl (C=O) groups excluding carboxylic acids is 2. The van der Waals surface area contributed by atoms with Crippen LogP contribution in [0.4, 0.5) is 18.9 Å². The van der Waals surface area contributed by atoms with E-state index in [1.807, 2.05) is 53.1 Å². The lowest BCUT2D eigenvalue weighted by Gasteiger charge is -2.41. The van der Waals surface area contributed by atoms with Crippen LogP contribution in [0.1, 0.15) is 48.8 Å². The number of para-hydroxylation sites is 2. The second-order valence-electron chi connectivity index (χ2n) is 11.5. The van der Waals surface area contributed by atoms with Gasteiger partial charge in [0.25, 0.3) is 0 Å². The molecular formula is C33H33F3N4O5. The molecule has 2 aliphatic rings. The van der Waals surface area contributed by atoms with Crippen LogP contribution >= 0.6 is 0 Å². The van der Waals surface area contributed by atoms with E-state index in [4.69, 9.17) is 9.47 Å². The lowest BCUT2D eigenvalue weighted by Crippen LogP contribution is -2.48. The number of carbonyl (C=O) groups is 2. The molecule has 0 spiro atoms. The molecule has 3 aromatic carbocycles. The zero-order valence-corrected chi connectivity index (χ0v) is 24.5. The number of rotatable bonds is 7. The van der Waals surface area contributed by atoms with E-state index in [2.05, 4.69) is 17.2 Å². The van der Waals surface area contributed by atoms with Crippen molar-refractivity contribution in [3.63, 3.8) is 0 Å². The molecule has 9 nitrogen and oxygen atoms in total. The van der Waals surface area contributed by atoms with Crippen LogP contribution in [0.25, 0.3) is 11.0 Å². The highest BCUT2D eigenvalue weighted by Crippen LogP contribution is 2.42. The maximum Gasteiger partial charge on any atom is 0.471 e. The minimum Gasteiger partial charge on any atom is -0.392 e. The fourth-order valence-corrected chi connectivity index (χ4v) is 6.11. The SMILES string of the molecule is CC1C(Cn2cnc3ccccc32)OC(c2cccc(NC(=O)C3CCCN3C(=O)C(F)(F)F)c2)OC1c1ccc(CO)cc1. The summed E-state index contributed by atoms with van der Waals surface area (Å²) < 4.78 is 54.4. The largest absolute Gasteiger partial charge is 0.471 e. The number of aromatic nitrogens is 2. The summed E-state index contributed by atoms with van der Waals surface area (Å²) >= 11 is 0. The van der Waals surface area contributed by atoms with Crippen LogP contribution in [-0.4, -0.2) is 56.2 Å². The summed E-state index contributed by atoms with van der Waals surface area (Å²) in [6.07, 6.45) is -4.36. The first-order valence-electron chi connectivity index (χ1n) is 14.8. The third-order valence-electron chi connectivity index (χ3n) is 8.51. The van der Waals surface area contributed by atoms with Crippen LogP contribution in [0.15, 0.2) is 79.1 Å². The number of ether oxygens (including phenoxy) is 2. The number of aliphatic hydroxyl groups is 1. The number of aliphatic hydroxyl groups excluding tert-OH is 1. The normalized spacial score (nSPS) is 23.8. The molecule has 2 saturated heterocycles. The highest BCUT2D eigenvalue weighted by molar-refractivity contribution is 5.98. The molecule has 3 heterocycles. The van der Waals surface area contributed by atoms with Gasteiger partial charge in [0.05, 0.1) is 42.7 Å². The standard InChI is InChI=1S/C33H33F3N4O5/c1-20-28(17-39-19-37-25-8-2-3-9-26(25)39)44-31(45-29(20)22-13-11-21(18-41)12-14-22)23-6-4-7-24(16-23)38-30(42)27-10-5-15-40(27)32(43)33(34,35)36/h2-4,6-9,11-14,16,19-20,27-29,31,41H,5,10,15,17-18H2,1H3,(H,38,42). The molecule has 0 saturated carbocycles. The smallest absolute Gasteiger partial charge is 0.392 e. The highest BCUT2D eigenvalue weighted by atomic mass is 19.4. The molecule has 0 bridgehead atoms. The summed E-state index contributed by atoms with van der Waals surface area (Å²) in [5.41, 5.74) is 4.47. The van der Waals surface area contributed by atoms with Crippen molar-refractivity contribution < 1.29 is 37.3 Å². The van der Waals surface area contributed by atoms with Gasteiger partial charge in [-0.25, -0.2) is 4.98 Å². The molecule has 5 unspecified atom stereocenters. The van der Waals surface area contributed by atoms with Crippen molar-refractivity contribution in [1.82, 2.24) is 14.5 Å². The molecule has 2 N–H and O–H groups in total. The lowest BCUT2D eigenvalue weighted by atomic mass is 9.90. The molecule has 12 heteroatoms. The Hall–Kier alpha value is -4.26. The molecule has 45 heavy (non-hydrogen) atoms. The van der Waals surface area contributed by atoms with E-state index >= 15 is 0 Å². The minimum atomic E-state index is -5.05. The zero-order valence-electron chi connectivity index (χ0n) is 24.5. The van der Waals surface area contributed by atoms with Gasteiger partial charge in [-0.15, -0.1) is 0 Å². The number of likely N-dealkylation sites (tertiary alicyclic amines) is 1. The first-order valence-corrected chi connectivity index (χ1v) is 14.8. The molecular weight excluding hydrogens is 589 g/mol. The summed E-state index contributed by atoms with van der Waals surface area (Å²) in [4.78, 5) is 30.0. The topological polar surface area (TPSA) is 106 Å². The summed E-state index contributed by atoms with van der Waals surface area (Å²) in [6, 6.07) is 20.9. The van der Waals surface area contributed by atoms with Crippen molar-refractivity contribution in [2.45, 2.75) is 63.6 Å². The Bertz CT molecular complexity index is 1670. The number of imidazole rings is 1. The van der Waals surface area contributed by atoms with Crippen LogP contribution in [0.2, 0.25) is 0 Å². The number of nitrogens with zero attached hydrogens (tertiary/aromatic N) is 3. The van der Waals surface area contributed by atoms with Crippen molar-refractivity contribution in [3.8, 4) is 0 Å². The van der Waals surface area contributed by atoms with Gasteiger partial charge in [0.1, 0.15) is 6.04 Å². The highest BCUT2D eigenvalue weighted by Gasteiger charge is 2.47. The fraction of sp³-hybridized carbons (Fsp3) is 0.364. The van der Waals surface area contributed by atoms with Gasteiger partial charge in [0.2, 0.25) is 5.91 Å². The van der Waals surface area contributed by atoms with Crippen molar-refractivity contribution in [1.29, 1.82) is 0 Å². The molecule has 1 aromatic heterocycles. The molecule has 6 rings (SSSR count). The predicted molar refractivity (Wildman–Crippen MR) is 159 cm³/mol. The van der Waals surface area contributed by atoms with Crippen molar-refractivity contribution >= 4 is 28.5 Å². The summed E-state index contributed by atoms with van der Waals surface area (Å²) in [7, 11) is 0. The second-order valence-corrected chi connectivity index (χ2v) is 11.5. The van der Waals surface area contributed by atoms with Gasteiger partial charge in [-0.3, -0.25) is 9.59 Å². The number of hydrogen-bond donors (Lipinski definition) is 2. The Morgan fingerprint density at radius 2 is 1.80 bits per heavy atom. The maximum absolute atomic E-state index is 13.1. The van der Waals surface area contributed by atoms with Crippen molar-refractivity contribution in [2.24, 2.45) is 5.92 Å². The number of hydrogen-bond acceptors (Lipinski definition) is 6. The quantitative estimate of drug-likeness (QED) is 0.282. The molecule has 2 aliphatic heterocycles. The maximum atomic E-state index is 13.1. The lowest BCUT2D eigenvalue weighted by molar-refractivity contribution is -0.276. The monoisotopic (exact) mass is 622 g/mol. The number of nitrogens with one attached hydrogen (secondary N) is 1. The van der Waals surface area contributed by atoms with Gasteiger partial charge < -0.3 is 29.4 Å². The van der Waals surface area contributed by atoms with Crippen LogP contribution < -0.4 is 5.32 Å². The van der Waals surface area contributed by atoms with Gasteiger partial charge in [-0.2, -0.15) is 13.2 Å². The first-order chi connectivity index (χ1) is 21.6. The van der Waals surface area contributed by atoms with Crippen LogP contribution in [0, 0.1) is 5.92 Å². The number of amides is 2. The van der Waals surface area contributed by atoms with Gasteiger partial charge in [-0.1, -0.05) is 55.5 Å². The number of fused-ring (bicyclic) bond motifs is 1.